The smallest absolute Gasteiger partial charge is 0.264 e. The van der Waals surface area contributed by atoms with Crippen LogP contribution in [0.4, 0.5) is 0 Å². The molecule has 1 amide bonds. The van der Waals surface area contributed by atoms with Gasteiger partial charge in [0, 0.05) is 30.8 Å². The van der Waals surface area contributed by atoms with Gasteiger partial charge < -0.3 is 14.2 Å². The minimum Gasteiger partial charge on any atom is -0.376 e. The normalized spacial score (nSPS) is 17.2. The Balaban J connectivity index is 1.55. The Hall–Kier alpha value is -1.73. The minimum atomic E-state index is 0.103. The maximum atomic E-state index is 12.7. The van der Waals surface area contributed by atoms with Gasteiger partial charge in [0.1, 0.15) is 5.82 Å². The first-order valence-corrected chi connectivity index (χ1v) is 8.47. The van der Waals surface area contributed by atoms with Crippen molar-refractivity contribution < 1.29 is 9.53 Å². The summed E-state index contributed by atoms with van der Waals surface area (Å²) in [6.07, 6.45) is 1.79. The van der Waals surface area contributed by atoms with Crippen molar-refractivity contribution in [3.63, 3.8) is 0 Å². The summed E-state index contributed by atoms with van der Waals surface area (Å²) < 4.78 is 7.59. The lowest BCUT2D eigenvalue weighted by atomic mass is 10.2. The van der Waals surface area contributed by atoms with Gasteiger partial charge in [-0.1, -0.05) is 6.92 Å². The van der Waals surface area contributed by atoms with Crippen LogP contribution < -0.4 is 0 Å². The van der Waals surface area contributed by atoms with Gasteiger partial charge in [0.25, 0.3) is 5.91 Å². The summed E-state index contributed by atoms with van der Waals surface area (Å²) in [6, 6.07) is 2.00. The molecule has 7 heteroatoms. The molecule has 22 heavy (non-hydrogen) atoms. The van der Waals surface area contributed by atoms with Crippen LogP contribution >= 0.6 is 11.3 Å². The Kier molecular flexibility index (Phi) is 3.46. The number of thiophene rings is 1. The molecule has 0 radical (unpaired) electrons. The van der Waals surface area contributed by atoms with Crippen LogP contribution in [0, 0.1) is 0 Å². The average Bonchev–Trinajstić information content (AvgIpc) is 3.17. The fraction of sp³-hybridized carbons (Fsp3) is 0.533. The average molecular weight is 318 g/mol. The van der Waals surface area contributed by atoms with Gasteiger partial charge in [-0.15, -0.1) is 21.5 Å². The van der Waals surface area contributed by atoms with Crippen LogP contribution in [0.2, 0.25) is 0 Å². The number of carbonyl (C=O) groups excluding carboxylic acids is 1. The van der Waals surface area contributed by atoms with Crippen molar-refractivity contribution in [3.05, 3.63) is 33.0 Å². The lowest BCUT2D eigenvalue weighted by Gasteiger charge is -2.27. The van der Waals surface area contributed by atoms with Crippen molar-refractivity contribution in [1.82, 2.24) is 19.7 Å². The van der Waals surface area contributed by atoms with E-state index >= 15 is 0 Å². The molecule has 0 bridgehead atoms. The molecule has 2 aliphatic rings. The molecule has 0 fully saturated rings. The third-order valence-electron chi connectivity index (χ3n) is 4.27. The maximum Gasteiger partial charge on any atom is 0.264 e. The van der Waals surface area contributed by atoms with E-state index in [0.29, 0.717) is 13.2 Å². The first-order chi connectivity index (χ1) is 10.8. The van der Waals surface area contributed by atoms with Crippen LogP contribution in [-0.2, 0) is 37.3 Å². The highest BCUT2D eigenvalue weighted by atomic mass is 32.1. The topological polar surface area (TPSA) is 60.2 Å². The van der Waals surface area contributed by atoms with Gasteiger partial charge in [-0.2, -0.15) is 0 Å². The Labute approximate surface area is 132 Å². The van der Waals surface area contributed by atoms with Gasteiger partial charge in [0.05, 0.1) is 24.6 Å². The first kappa shape index (κ1) is 13.9. The van der Waals surface area contributed by atoms with Crippen molar-refractivity contribution in [3.8, 4) is 0 Å². The summed E-state index contributed by atoms with van der Waals surface area (Å²) in [5.41, 5.74) is 1.17. The zero-order chi connectivity index (χ0) is 15.1. The molecular formula is C15H18N4O2S. The van der Waals surface area contributed by atoms with E-state index in [0.717, 1.165) is 49.1 Å². The fourth-order valence-corrected chi connectivity index (χ4v) is 4.18. The maximum absolute atomic E-state index is 12.7. The van der Waals surface area contributed by atoms with Gasteiger partial charge in [-0.3, -0.25) is 4.79 Å². The molecule has 2 aromatic heterocycles. The minimum absolute atomic E-state index is 0.103. The van der Waals surface area contributed by atoms with Crippen molar-refractivity contribution in [2.75, 3.05) is 13.2 Å². The predicted molar refractivity (Wildman–Crippen MR) is 81.8 cm³/mol. The first-order valence-electron chi connectivity index (χ1n) is 7.66. The fourth-order valence-electron chi connectivity index (χ4n) is 3.06. The van der Waals surface area contributed by atoms with Crippen molar-refractivity contribution in [2.24, 2.45) is 0 Å². The molecule has 2 aliphatic heterocycles. The quantitative estimate of drug-likeness (QED) is 0.844. The molecule has 0 N–H and O–H groups in total. The number of rotatable bonds is 2. The molecule has 6 nitrogen and oxygen atoms in total. The number of aromatic nitrogens is 3. The summed E-state index contributed by atoms with van der Waals surface area (Å²) in [7, 11) is 0. The molecule has 116 valence electrons. The van der Waals surface area contributed by atoms with Crippen molar-refractivity contribution in [2.45, 2.75) is 39.5 Å². The summed E-state index contributed by atoms with van der Waals surface area (Å²) in [4.78, 5) is 16.7. The zero-order valence-electron chi connectivity index (χ0n) is 12.5. The van der Waals surface area contributed by atoms with Crippen molar-refractivity contribution in [1.29, 1.82) is 0 Å². The van der Waals surface area contributed by atoms with Crippen LogP contribution in [-0.4, -0.2) is 38.7 Å². The van der Waals surface area contributed by atoms with Crippen LogP contribution in [0.15, 0.2) is 6.07 Å². The molecule has 4 heterocycles. The summed E-state index contributed by atoms with van der Waals surface area (Å²) in [5.74, 6) is 2.00. The summed E-state index contributed by atoms with van der Waals surface area (Å²) >= 11 is 1.61. The molecular weight excluding hydrogens is 300 g/mol. The molecule has 0 saturated heterocycles. The highest BCUT2D eigenvalue weighted by Crippen LogP contribution is 2.28. The van der Waals surface area contributed by atoms with Crippen LogP contribution in [0.1, 0.15) is 38.7 Å². The molecule has 0 aliphatic carbocycles. The number of fused-ring (bicyclic) bond motifs is 2. The third-order valence-corrected chi connectivity index (χ3v) is 5.50. The second-order valence-corrected chi connectivity index (χ2v) is 6.76. The number of hydrogen-bond acceptors (Lipinski definition) is 5. The Morgan fingerprint density at radius 2 is 2.32 bits per heavy atom. The van der Waals surface area contributed by atoms with E-state index in [9.17, 15) is 4.79 Å². The second kappa shape index (κ2) is 5.48. The number of hydrogen-bond donors (Lipinski definition) is 0. The highest BCUT2D eigenvalue weighted by molar-refractivity contribution is 7.14. The molecule has 0 aromatic carbocycles. The van der Waals surface area contributed by atoms with E-state index in [1.54, 1.807) is 11.3 Å². The Bertz CT molecular complexity index is 698. The molecule has 0 unspecified atom stereocenters. The summed E-state index contributed by atoms with van der Waals surface area (Å²) in [6.45, 7) is 5.51. The highest BCUT2D eigenvalue weighted by Gasteiger charge is 2.27. The van der Waals surface area contributed by atoms with E-state index in [4.69, 9.17) is 4.74 Å². The number of nitrogens with zero attached hydrogens (tertiary/aromatic N) is 4. The summed E-state index contributed by atoms with van der Waals surface area (Å²) in [5, 5.41) is 8.42. The van der Waals surface area contributed by atoms with Crippen LogP contribution in [0.25, 0.3) is 0 Å². The molecule has 4 rings (SSSR count). The lowest BCUT2D eigenvalue weighted by molar-refractivity contribution is 0.0711. The number of carbonyl (C=O) groups is 1. The molecule has 0 atom stereocenters. The number of amides is 1. The number of ether oxygens (including phenoxy) is 1. The number of aryl methyl sites for hydroxylation is 1. The van der Waals surface area contributed by atoms with Gasteiger partial charge >= 0.3 is 0 Å². The Morgan fingerprint density at radius 3 is 3.14 bits per heavy atom. The van der Waals surface area contributed by atoms with Gasteiger partial charge in [0.15, 0.2) is 5.82 Å². The lowest BCUT2D eigenvalue weighted by Crippen LogP contribution is -2.38. The van der Waals surface area contributed by atoms with E-state index in [2.05, 4.69) is 21.7 Å². The van der Waals surface area contributed by atoms with E-state index in [1.165, 1.54) is 10.4 Å². The second-order valence-electron chi connectivity index (χ2n) is 5.63. The van der Waals surface area contributed by atoms with Crippen molar-refractivity contribution >= 4 is 17.2 Å². The zero-order valence-corrected chi connectivity index (χ0v) is 13.4. The van der Waals surface area contributed by atoms with Gasteiger partial charge in [0.2, 0.25) is 0 Å². The van der Waals surface area contributed by atoms with Crippen LogP contribution in [0.5, 0.6) is 0 Å². The predicted octanol–water partition coefficient (Wildman–Crippen LogP) is 1.63. The monoisotopic (exact) mass is 318 g/mol. The Morgan fingerprint density at radius 1 is 1.41 bits per heavy atom. The molecule has 0 saturated carbocycles. The SMILES string of the molecule is CCc1nnc2n1CCN(C(=O)c1cc3c(s1)CCOC3)C2. The van der Waals surface area contributed by atoms with Crippen LogP contribution in [0.3, 0.4) is 0 Å². The van der Waals surface area contributed by atoms with E-state index in [1.807, 2.05) is 11.0 Å². The largest absolute Gasteiger partial charge is 0.376 e. The molecule has 0 spiro atoms. The third kappa shape index (κ3) is 2.24. The van der Waals surface area contributed by atoms with Gasteiger partial charge in [-0.25, -0.2) is 0 Å². The standard InChI is InChI=1S/C15H18N4O2S/c1-2-13-16-17-14-8-18(4-5-19(13)14)15(20)12-7-10-9-21-6-3-11(10)22-12/h7H,2-6,8-9H2,1H3. The van der Waals surface area contributed by atoms with E-state index < -0.39 is 0 Å². The van der Waals surface area contributed by atoms with E-state index in [-0.39, 0.29) is 5.91 Å². The van der Waals surface area contributed by atoms with Gasteiger partial charge in [-0.05, 0) is 11.6 Å². The molecule has 2 aromatic rings.